The highest BCUT2D eigenvalue weighted by Crippen LogP contribution is 2.21. The first-order chi connectivity index (χ1) is 6.53. The Kier molecular flexibility index (Phi) is 4.96. The lowest BCUT2D eigenvalue weighted by Gasteiger charge is -2.31. The van der Waals surface area contributed by atoms with Crippen LogP contribution in [-0.2, 0) is 8.91 Å². The third-order valence-electron chi connectivity index (χ3n) is 1.91. The Morgan fingerprint density at radius 2 is 1.73 bits per heavy atom. The maximum atomic E-state index is 10.6. The molecule has 0 aliphatic rings. The molecule has 0 saturated carbocycles. The molecule has 1 N–H and O–H groups in total. The van der Waals surface area contributed by atoms with E-state index in [2.05, 4.69) is 39.3 Å². The molecular weight excluding hydrogens is 224 g/mol. The van der Waals surface area contributed by atoms with Crippen LogP contribution in [0.4, 0.5) is 0 Å². The monoisotopic (exact) mass is 246 g/mol. The van der Waals surface area contributed by atoms with E-state index in [9.17, 15) is 4.79 Å². The molecule has 5 heteroatoms. The number of rotatable bonds is 6. The van der Waals surface area contributed by atoms with Gasteiger partial charge in [0, 0.05) is 5.57 Å². The van der Waals surface area contributed by atoms with Crippen LogP contribution >= 0.6 is 0 Å². The van der Waals surface area contributed by atoms with Gasteiger partial charge in [0.05, 0.1) is 0 Å². The third kappa shape index (κ3) is 7.52. The first-order valence-corrected chi connectivity index (χ1v) is 11.7. The van der Waals surface area contributed by atoms with Crippen LogP contribution in [0.15, 0.2) is 12.2 Å². The van der Waals surface area contributed by atoms with E-state index in [0.717, 1.165) is 6.04 Å². The van der Waals surface area contributed by atoms with Crippen molar-refractivity contribution in [2.75, 3.05) is 0 Å². The van der Waals surface area contributed by atoms with Gasteiger partial charge in [-0.3, -0.25) is 0 Å². The van der Waals surface area contributed by atoms with Crippen LogP contribution in [0.5, 0.6) is 0 Å². The van der Waals surface area contributed by atoms with Crippen molar-refractivity contribution in [2.45, 2.75) is 45.2 Å². The van der Waals surface area contributed by atoms with Gasteiger partial charge in [0.25, 0.3) is 0 Å². The Labute approximate surface area is 94.4 Å². The van der Waals surface area contributed by atoms with Crippen molar-refractivity contribution in [3.8, 4) is 0 Å². The first kappa shape index (κ1) is 14.6. The van der Waals surface area contributed by atoms with Crippen molar-refractivity contribution in [3.63, 3.8) is 0 Å². The van der Waals surface area contributed by atoms with E-state index in [-0.39, 0.29) is 5.57 Å². The summed E-state index contributed by atoms with van der Waals surface area (Å²) in [5.74, 6) is -0.896. The third-order valence-corrected chi connectivity index (χ3v) is 8.03. The molecule has 0 aromatic heterocycles. The number of carbonyl (C=O) groups is 1. The number of hydrogen-bond donors (Lipinski definition) is 1. The topological polar surface area (TPSA) is 46.5 Å². The van der Waals surface area contributed by atoms with Crippen molar-refractivity contribution in [1.29, 1.82) is 0 Å². The predicted octanol–water partition coefficient (Wildman–Crippen LogP) is 3.07. The van der Waals surface area contributed by atoms with Gasteiger partial charge in [-0.05, 0) is 45.2 Å². The maximum absolute atomic E-state index is 10.6. The van der Waals surface area contributed by atoms with Crippen LogP contribution in [-0.4, -0.2) is 27.7 Å². The summed E-state index contributed by atoms with van der Waals surface area (Å²) in [5.41, 5.74) is 0.287. The van der Waals surface area contributed by atoms with E-state index in [4.69, 9.17) is 9.22 Å². The van der Waals surface area contributed by atoms with Crippen molar-refractivity contribution < 1.29 is 14.0 Å². The zero-order valence-electron chi connectivity index (χ0n) is 10.4. The van der Waals surface area contributed by atoms with Crippen LogP contribution in [0.3, 0.4) is 0 Å². The summed E-state index contributed by atoms with van der Waals surface area (Å²) < 4.78 is 6.10. The Bertz CT molecular complexity index is 254. The summed E-state index contributed by atoms with van der Waals surface area (Å²) in [5, 5.41) is 8.70. The Balaban J connectivity index is 4.16. The summed E-state index contributed by atoms with van der Waals surface area (Å²) >= 11 is 0. The van der Waals surface area contributed by atoms with Gasteiger partial charge in [0.15, 0.2) is 16.6 Å². The average Bonchev–Trinajstić information content (AvgIpc) is 1.95. The van der Waals surface area contributed by atoms with E-state index in [0.29, 0.717) is 6.42 Å². The fraction of sp³-hybridized carbons (Fsp3) is 0.700. The van der Waals surface area contributed by atoms with E-state index in [1.165, 1.54) is 0 Å². The van der Waals surface area contributed by atoms with Gasteiger partial charge in [0.2, 0.25) is 0 Å². The minimum absolute atomic E-state index is 0.287. The number of hydrogen-bond acceptors (Lipinski definition) is 2. The molecule has 3 nitrogen and oxygen atoms in total. The molecule has 0 fully saturated rings. The number of carboxylic acid groups (broad SMARTS) is 1. The molecule has 0 aliphatic carbocycles. The lowest BCUT2D eigenvalue weighted by Crippen LogP contribution is -2.42. The molecule has 0 unspecified atom stereocenters. The van der Waals surface area contributed by atoms with Gasteiger partial charge in [-0.15, -0.1) is 0 Å². The molecule has 0 rings (SSSR count). The predicted molar refractivity (Wildman–Crippen MR) is 68.1 cm³/mol. The maximum Gasteiger partial charge on any atom is 0.330 e. The van der Waals surface area contributed by atoms with E-state index < -0.39 is 22.6 Å². The van der Waals surface area contributed by atoms with Gasteiger partial charge >= 0.3 is 5.97 Å². The fourth-order valence-corrected chi connectivity index (χ4v) is 9.38. The molecule has 0 amide bonds. The highest BCUT2D eigenvalue weighted by Gasteiger charge is 2.29. The second kappa shape index (κ2) is 5.09. The Hall–Kier alpha value is -0.396. The molecule has 0 spiro atoms. The lowest BCUT2D eigenvalue weighted by atomic mass is 10.2. The zero-order chi connectivity index (χ0) is 12.3. The quantitative estimate of drug-likeness (QED) is 0.579. The van der Waals surface area contributed by atoms with Gasteiger partial charge in [0.1, 0.15) is 0 Å². The van der Waals surface area contributed by atoms with Crippen LogP contribution < -0.4 is 0 Å². The second-order valence-corrected chi connectivity index (χ2v) is 14.4. The Morgan fingerprint density at radius 3 is 2.07 bits per heavy atom. The zero-order valence-corrected chi connectivity index (χ0v) is 12.4. The summed E-state index contributed by atoms with van der Waals surface area (Å²) in [7, 11) is -3.22. The van der Waals surface area contributed by atoms with E-state index in [1.807, 2.05) is 0 Å². The van der Waals surface area contributed by atoms with Crippen molar-refractivity contribution in [2.24, 2.45) is 0 Å². The van der Waals surface area contributed by atoms with Gasteiger partial charge < -0.3 is 9.22 Å². The molecule has 0 aromatic rings. The second-order valence-electron chi connectivity index (χ2n) is 5.38. The lowest BCUT2D eigenvalue weighted by molar-refractivity contribution is -0.132. The Morgan fingerprint density at radius 1 is 1.27 bits per heavy atom. The molecule has 0 aliphatic heterocycles. The SMILES string of the molecule is C=C(CC[Si](C)(C)O[Si](C)(C)C)C(=O)O. The summed E-state index contributed by atoms with van der Waals surface area (Å²) in [6.07, 6.45) is 0.541. The van der Waals surface area contributed by atoms with Gasteiger partial charge in [-0.1, -0.05) is 6.58 Å². The molecule has 0 bridgehead atoms. The summed E-state index contributed by atoms with van der Waals surface area (Å²) in [6, 6.07) is 0.836. The van der Waals surface area contributed by atoms with E-state index in [1.54, 1.807) is 0 Å². The van der Waals surface area contributed by atoms with Crippen molar-refractivity contribution in [1.82, 2.24) is 0 Å². The largest absolute Gasteiger partial charge is 0.478 e. The van der Waals surface area contributed by atoms with Gasteiger partial charge in [-0.2, -0.15) is 0 Å². The number of aliphatic carboxylic acids is 1. The molecule has 88 valence electrons. The standard InChI is InChI=1S/C10H22O3Si2/c1-9(10(11)12)7-8-15(5,6)13-14(2,3)4/h1,7-8H2,2-6H3,(H,11,12). The molecule has 0 saturated heterocycles. The van der Waals surface area contributed by atoms with Crippen molar-refractivity contribution >= 4 is 22.6 Å². The van der Waals surface area contributed by atoms with E-state index >= 15 is 0 Å². The van der Waals surface area contributed by atoms with Crippen LogP contribution in [0.25, 0.3) is 0 Å². The van der Waals surface area contributed by atoms with Crippen LogP contribution in [0.1, 0.15) is 6.42 Å². The first-order valence-electron chi connectivity index (χ1n) is 5.15. The summed E-state index contributed by atoms with van der Waals surface area (Å²) in [4.78, 5) is 10.6. The molecule has 15 heavy (non-hydrogen) atoms. The number of carboxylic acids is 1. The molecular formula is C10H22O3Si2. The molecule has 0 aromatic carbocycles. The van der Waals surface area contributed by atoms with Gasteiger partial charge in [-0.25, -0.2) is 4.79 Å². The summed E-state index contributed by atoms with van der Waals surface area (Å²) in [6.45, 7) is 14.3. The molecule has 0 atom stereocenters. The minimum Gasteiger partial charge on any atom is -0.478 e. The highest BCUT2D eigenvalue weighted by atomic mass is 28.4. The highest BCUT2D eigenvalue weighted by molar-refractivity contribution is 6.84. The smallest absolute Gasteiger partial charge is 0.330 e. The average molecular weight is 246 g/mol. The fourth-order valence-electron chi connectivity index (χ4n) is 1.44. The molecule has 0 heterocycles. The van der Waals surface area contributed by atoms with Crippen LogP contribution in [0.2, 0.25) is 38.8 Å². The minimum atomic E-state index is -1.71. The normalized spacial score (nSPS) is 12.6. The van der Waals surface area contributed by atoms with Crippen molar-refractivity contribution in [3.05, 3.63) is 12.2 Å². The van der Waals surface area contributed by atoms with Crippen LogP contribution in [0, 0.1) is 0 Å². The molecule has 0 radical (unpaired) electrons.